The van der Waals surface area contributed by atoms with Gasteiger partial charge in [-0.15, -0.1) is 0 Å². The topological polar surface area (TPSA) is 67.2 Å². The van der Waals surface area contributed by atoms with E-state index in [0.717, 1.165) is 23.4 Å². The first kappa shape index (κ1) is 12.8. The fourth-order valence-electron chi connectivity index (χ4n) is 3.07. The van der Waals surface area contributed by atoms with Crippen molar-refractivity contribution in [3.63, 3.8) is 0 Å². The summed E-state index contributed by atoms with van der Waals surface area (Å²) in [7, 11) is 0. The van der Waals surface area contributed by atoms with Crippen molar-refractivity contribution in [3.8, 4) is 0 Å². The number of nitrogens with two attached hydrogens (primary N) is 1. The highest BCUT2D eigenvalue weighted by Crippen LogP contribution is 2.35. The fraction of sp³-hybridized carbons (Fsp3) is 0.500. The molecule has 1 aliphatic carbocycles. The Bertz CT molecular complexity index is 518. The summed E-state index contributed by atoms with van der Waals surface area (Å²) < 4.78 is 0. The molecule has 1 aromatic rings. The van der Waals surface area contributed by atoms with Crippen molar-refractivity contribution in [1.29, 1.82) is 0 Å². The van der Waals surface area contributed by atoms with Crippen LogP contribution < -0.4 is 16.4 Å². The van der Waals surface area contributed by atoms with E-state index in [2.05, 4.69) is 10.6 Å². The predicted octanol–water partition coefficient (Wildman–Crippen LogP) is 2.37. The van der Waals surface area contributed by atoms with Crippen LogP contribution in [-0.2, 0) is 11.2 Å². The predicted molar refractivity (Wildman–Crippen MR) is 77.6 cm³/mol. The monoisotopic (exact) mass is 279 g/mol. The molecule has 2 aliphatic rings. The Balaban J connectivity index is 1.82. The molecule has 4 nitrogen and oxygen atoms in total. The third-order valence-electron chi connectivity index (χ3n) is 4.12. The molecular formula is C14H18ClN3O. The largest absolute Gasteiger partial charge is 0.381 e. The lowest BCUT2D eigenvalue weighted by Gasteiger charge is -2.22. The van der Waals surface area contributed by atoms with Crippen molar-refractivity contribution >= 4 is 28.9 Å². The van der Waals surface area contributed by atoms with E-state index < -0.39 is 0 Å². The van der Waals surface area contributed by atoms with Crippen molar-refractivity contribution in [1.82, 2.24) is 0 Å². The van der Waals surface area contributed by atoms with Gasteiger partial charge in [0.25, 0.3) is 0 Å². The minimum absolute atomic E-state index is 0.0314. The van der Waals surface area contributed by atoms with Crippen molar-refractivity contribution in [2.75, 3.05) is 17.2 Å². The molecule has 0 aromatic heterocycles. The highest BCUT2D eigenvalue weighted by molar-refractivity contribution is 6.33. The number of halogens is 1. The van der Waals surface area contributed by atoms with Gasteiger partial charge in [0.05, 0.1) is 17.1 Å². The molecule has 4 N–H and O–H groups in total. The molecule has 1 aromatic carbocycles. The molecular weight excluding hydrogens is 262 g/mol. The molecule has 19 heavy (non-hydrogen) atoms. The number of carbonyl (C=O) groups is 1. The highest BCUT2D eigenvalue weighted by atomic mass is 35.5. The summed E-state index contributed by atoms with van der Waals surface area (Å²) in [6.07, 6.45) is 3.96. The van der Waals surface area contributed by atoms with Gasteiger partial charge in [0, 0.05) is 11.7 Å². The lowest BCUT2D eigenvalue weighted by atomic mass is 10.0. The molecule has 1 amide bonds. The van der Waals surface area contributed by atoms with Gasteiger partial charge in [-0.3, -0.25) is 4.79 Å². The van der Waals surface area contributed by atoms with Gasteiger partial charge in [0.15, 0.2) is 0 Å². The minimum Gasteiger partial charge on any atom is -0.381 e. The second kappa shape index (κ2) is 5.02. The van der Waals surface area contributed by atoms with E-state index >= 15 is 0 Å². The van der Waals surface area contributed by atoms with Gasteiger partial charge in [-0.05, 0) is 43.0 Å². The van der Waals surface area contributed by atoms with Gasteiger partial charge < -0.3 is 16.4 Å². The Morgan fingerprint density at radius 3 is 3.05 bits per heavy atom. The lowest BCUT2D eigenvalue weighted by molar-refractivity contribution is -0.115. The number of carbonyl (C=O) groups excluding carboxylic acids is 1. The average molecular weight is 280 g/mol. The molecule has 102 valence electrons. The molecule has 1 heterocycles. The van der Waals surface area contributed by atoms with Gasteiger partial charge in [-0.25, -0.2) is 0 Å². The zero-order valence-electron chi connectivity index (χ0n) is 10.7. The summed E-state index contributed by atoms with van der Waals surface area (Å²) in [5.74, 6) is 0.549. The van der Waals surface area contributed by atoms with Gasteiger partial charge in [0.2, 0.25) is 5.91 Å². The van der Waals surface area contributed by atoms with Crippen LogP contribution in [0.25, 0.3) is 0 Å². The Kier molecular flexibility index (Phi) is 3.37. The highest BCUT2D eigenvalue weighted by Gasteiger charge is 2.27. The quantitative estimate of drug-likeness (QED) is 0.796. The Hall–Kier alpha value is -1.26. The van der Waals surface area contributed by atoms with Crippen molar-refractivity contribution in [3.05, 3.63) is 22.7 Å². The Morgan fingerprint density at radius 2 is 2.26 bits per heavy atom. The number of rotatable bonds is 3. The zero-order valence-corrected chi connectivity index (χ0v) is 11.5. The number of fused-ring (bicyclic) bond motifs is 1. The lowest BCUT2D eigenvalue weighted by Crippen LogP contribution is -2.29. The number of hydrogen-bond acceptors (Lipinski definition) is 3. The average Bonchev–Trinajstić information content (AvgIpc) is 2.95. The Morgan fingerprint density at radius 1 is 1.42 bits per heavy atom. The van der Waals surface area contributed by atoms with E-state index in [4.69, 9.17) is 17.3 Å². The maximum atomic E-state index is 11.4. The summed E-state index contributed by atoms with van der Waals surface area (Å²) >= 11 is 6.28. The van der Waals surface area contributed by atoms with Crippen LogP contribution in [-0.4, -0.2) is 18.5 Å². The van der Waals surface area contributed by atoms with Gasteiger partial charge in [-0.2, -0.15) is 0 Å². The normalized spacial score (nSPS) is 25.3. The van der Waals surface area contributed by atoms with Crippen LogP contribution in [0.15, 0.2) is 12.1 Å². The van der Waals surface area contributed by atoms with Crippen LogP contribution >= 0.6 is 11.6 Å². The van der Waals surface area contributed by atoms with Crippen LogP contribution in [0.5, 0.6) is 0 Å². The first-order chi connectivity index (χ1) is 9.17. The van der Waals surface area contributed by atoms with E-state index in [9.17, 15) is 4.79 Å². The number of benzene rings is 1. The van der Waals surface area contributed by atoms with Crippen molar-refractivity contribution in [2.45, 2.75) is 31.7 Å². The number of nitrogens with one attached hydrogen (secondary N) is 2. The van der Waals surface area contributed by atoms with Gasteiger partial charge in [0.1, 0.15) is 0 Å². The molecule has 0 radical (unpaired) electrons. The second-order valence-corrected chi connectivity index (χ2v) is 5.80. The van der Waals surface area contributed by atoms with E-state index in [1.807, 2.05) is 12.1 Å². The SMILES string of the molecule is NCC1CCCC1Nc1cc2c(cc1Cl)NC(=O)C2. The van der Waals surface area contributed by atoms with E-state index in [1.54, 1.807) is 0 Å². The van der Waals surface area contributed by atoms with E-state index in [1.165, 1.54) is 12.8 Å². The molecule has 1 saturated carbocycles. The fourth-order valence-corrected chi connectivity index (χ4v) is 3.29. The second-order valence-electron chi connectivity index (χ2n) is 5.39. The minimum atomic E-state index is 0.0314. The summed E-state index contributed by atoms with van der Waals surface area (Å²) in [5, 5.41) is 6.97. The van der Waals surface area contributed by atoms with Gasteiger partial charge in [-0.1, -0.05) is 18.0 Å². The third-order valence-corrected chi connectivity index (χ3v) is 4.43. The number of amides is 1. The first-order valence-electron chi connectivity index (χ1n) is 6.76. The summed E-state index contributed by atoms with van der Waals surface area (Å²) in [6, 6.07) is 4.21. The Labute approximate surface area is 117 Å². The molecule has 0 spiro atoms. The smallest absolute Gasteiger partial charge is 0.228 e. The van der Waals surface area contributed by atoms with Crippen LogP contribution in [0.3, 0.4) is 0 Å². The summed E-state index contributed by atoms with van der Waals surface area (Å²) in [6.45, 7) is 0.709. The molecule has 0 bridgehead atoms. The van der Waals surface area contributed by atoms with Crippen molar-refractivity contribution in [2.24, 2.45) is 11.7 Å². The first-order valence-corrected chi connectivity index (χ1v) is 7.14. The number of hydrogen-bond donors (Lipinski definition) is 3. The summed E-state index contributed by atoms with van der Waals surface area (Å²) in [5.41, 5.74) is 8.56. The molecule has 2 atom stereocenters. The van der Waals surface area contributed by atoms with E-state index in [0.29, 0.717) is 29.9 Å². The van der Waals surface area contributed by atoms with Crippen LogP contribution in [0.4, 0.5) is 11.4 Å². The molecule has 3 rings (SSSR count). The van der Waals surface area contributed by atoms with Crippen molar-refractivity contribution < 1.29 is 4.79 Å². The zero-order chi connectivity index (χ0) is 13.4. The molecule has 1 aliphatic heterocycles. The molecule has 1 fully saturated rings. The third kappa shape index (κ3) is 2.42. The standard InChI is InChI=1S/C14H18ClN3O/c15-10-6-12-9(5-14(19)18-12)4-13(10)17-11-3-1-2-8(11)7-16/h4,6,8,11,17H,1-3,5,7,16H2,(H,18,19). The van der Waals surface area contributed by atoms with Crippen LogP contribution in [0, 0.1) is 5.92 Å². The number of anilines is 2. The maximum absolute atomic E-state index is 11.4. The molecule has 2 unspecified atom stereocenters. The van der Waals surface area contributed by atoms with Crippen LogP contribution in [0.2, 0.25) is 5.02 Å². The van der Waals surface area contributed by atoms with E-state index in [-0.39, 0.29) is 5.91 Å². The summed E-state index contributed by atoms with van der Waals surface area (Å²) in [4.78, 5) is 11.4. The van der Waals surface area contributed by atoms with Gasteiger partial charge >= 0.3 is 0 Å². The molecule has 0 saturated heterocycles. The maximum Gasteiger partial charge on any atom is 0.228 e. The van der Waals surface area contributed by atoms with Crippen LogP contribution in [0.1, 0.15) is 24.8 Å². The molecule has 5 heteroatoms.